The molecule has 3 nitrogen and oxygen atoms in total. The fourth-order valence-electron chi connectivity index (χ4n) is 1.44. The second-order valence-corrected chi connectivity index (χ2v) is 3.70. The minimum Gasteiger partial charge on any atom is -0.0699 e. The van der Waals surface area contributed by atoms with Gasteiger partial charge in [0.15, 0.2) is 0 Å². The quantitative estimate of drug-likeness (QED) is 0.406. The van der Waals surface area contributed by atoms with Gasteiger partial charge in [0.1, 0.15) is 0 Å². The third-order valence-electron chi connectivity index (χ3n) is 2.01. The Morgan fingerprint density at radius 1 is 1.46 bits per heavy atom. The number of hydrogen-bond acceptors (Lipinski definition) is 1. The summed E-state index contributed by atoms with van der Waals surface area (Å²) >= 11 is 3.40. The summed E-state index contributed by atoms with van der Waals surface area (Å²) in [5.41, 5.74) is 11.3. The van der Waals surface area contributed by atoms with Crippen molar-refractivity contribution in [3.63, 3.8) is 0 Å². The zero-order valence-corrected chi connectivity index (χ0v) is 8.32. The van der Waals surface area contributed by atoms with Crippen LogP contribution in [0.4, 0.5) is 0 Å². The van der Waals surface area contributed by atoms with Crippen molar-refractivity contribution in [2.75, 3.05) is 0 Å². The first-order valence-corrected chi connectivity index (χ1v) is 4.64. The third kappa shape index (κ3) is 1.46. The fourth-order valence-corrected chi connectivity index (χ4v) is 1.85. The molecule has 0 atom stereocenters. The molecule has 0 saturated carbocycles. The van der Waals surface area contributed by atoms with Gasteiger partial charge in [-0.05, 0) is 35.2 Å². The first-order chi connectivity index (χ1) is 6.31. The minimum atomic E-state index is 0.741. The van der Waals surface area contributed by atoms with Crippen LogP contribution in [0.25, 0.3) is 16.1 Å². The number of rotatable bonds is 1. The Kier molecular flexibility index (Phi) is 2.08. The summed E-state index contributed by atoms with van der Waals surface area (Å²) < 4.78 is 1.06. The Bertz CT molecular complexity index is 430. The van der Waals surface area contributed by atoms with Crippen LogP contribution in [-0.2, 0) is 6.42 Å². The lowest BCUT2D eigenvalue weighted by Crippen LogP contribution is -1.82. The van der Waals surface area contributed by atoms with E-state index in [4.69, 9.17) is 5.53 Å². The molecule has 0 amide bonds. The Morgan fingerprint density at radius 3 is 3.08 bits per heavy atom. The zero-order chi connectivity index (χ0) is 9.26. The Morgan fingerprint density at radius 2 is 2.31 bits per heavy atom. The van der Waals surface area contributed by atoms with Gasteiger partial charge in [0.25, 0.3) is 0 Å². The highest BCUT2D eigenvalue weighted by atomic mass is 79.9. The molecule has 1 aromatic carbocycles. The molecule has 64 valence electrons. The van der Waals surface area contributed by atoms with Gasteiger partial charge in [-0.2, -0.15) is 0 Å². The van der Waals surface area contributed by atoms with E-state index >= 15 is 0 Å². The molecule has 1 aliphatic carbocycles. The number of hydrogen-bond donors (Lipinski definition) is 0. The zero-order valence-electron chi connectivity index (χ0n) is 6.74. The summed E-state index contributed by atoms with van der Waals surface area (Å²) in [6.45, 7) is 0. The predicted molar refractivity (Wildman–Crippen MR) is 55.0 cm³/mol. The number of nitrogens with zero attached hydrogens (tertiary/aromatic N) is 3. The van der Waals surface area contributed by atoms with Crippen LogP contribution >= 0.6 is 15.9 Å². The molecule has 0 saturated heterocycles. The van der Waals surface area contributed by atoms with Crippen LogP contribution in [0.5, 0.6) is 0 Å². The van der Waals surface area contributed by atoms with Crippen LogP contribution in [-0.4, -0.2) is 0 Å². The summed E-state index contributed by atoms with van der Waals surface area (Å²) in [5, 5.41) is 3.62. The first kappa shape index (κ1) is 8.35. The standard InChI is InChI=1S/C9H6BrN3/c10-7-2-3-8-6(5-7)1-4-9(8)12-13-11/h2-5H,1H2. The summed E-state index contributed by atoms with van der Waals surface area (Å²) in [6.07, 6.45) is 2.79. The second-order valence-electron chi connectivity index (χ2n) is 2.78. The number of fused-ring (bicyclic) bond motifs is 1. The van der Waals surface area contributed by atoms with E-state index in [9.17, 15) is 0 Å². The van der Waals surface area contributed by atoms with E-state index in [2.05, 4.69) is 26.0 Å². The lowest BCUT2D eigenvalue weighted by Gasteiger charge is -2.00. The molecule has 0 unspecified atom stereocenters. The van der Waals surface area contributed by atoms with Crippen LogP contribution < -0.4 is 0 Å². The summed E-state index contributed by atoms with van der Waals surface area (Å²) in [4.78, 5) is 2.78. The number of allylic oxidation sites excluding steroid dienone is 1. The second kappa shape index (κ2) is 3.24. The van der Waals surface area contributed by atoms with Crippen molar-refractivity contribution in [1.82, 2.24) is 0 Å². The molecule has 0 heterocycles. The van der Waals surface area contributed by atoms with Crippen LogP contribution in [0.2, 0.25) is 0 Å². The van der Waals surface area contributed by atoms with Crippen molar-refractivity contribution in [3.8, 4) is 0 Å². The number of benzene rings is 1. The van der Waals surface area contributed by atoms with Crippen molar-refractivity contribution in [2.45, 2.75) is 6.42 Å². The van der Waals surface area contributed by atoms with E-state index < -0.39 is 0 Å². The van der Waals surface area contributed by atoms with Crippen molar-refractivity contribution >= 4 is 21.6 Å². The van der Waals surface area contributed by atoms with Gasteiger partial charge >= 0.3 is 0 Å². The monoisotopic (exact) mass is 235 g/mol. The summed E-state index contributed by atoms with van der Waals surface area (Å²) in [6, 6.07) is 5.96. The largest absolute Gasteiger partial charge is 0.0699 e. The molecule has 13 heavy (non-hydrogen) atoms. The molecule has 4 heteroatoms. The van der Waals surface area contributed by atoms with E-state index in [1.165, 1.54) is 5.56 Å². The van der Waals surface area contributed by atoms with Crippen molar-refractivity contribution in [3.05, 3.63) is 50.3 Å². The topological polar surface area (TPSA) is 48.8 Å². The first-order valence-electron chi connectivity index (χ1n) is 3.85. The highest BCUT2D eigenvalue weighted by Crippen LogP contribution is 2.30. The molecule has 2 rings (SSSR count). The molecule has 0 fully saturated rings. The summed E-state index contributed by atoms with van der Waals surface area (Å²) in [7, 11) is 0. The average Bonchev–Trinajstić information content (AvgIpc) is 2.49. The molecule has 0 spiro atoms. The maximum Gasteiger partial charge on any atom is 0.0414 e. The molecule has 0 aliphatic heterocycles. The smallest absolute Gasteiger partial charge is 0.0414 e. The van der Waals surface area contributed by atoms with Gasteiger partial charge < -0.3 is 0 Å². The molecule has 0 aromatic heterocycles. The molecule has 1 aromatic rings. The Labute approximate surface area is 83.8 Å². The molecule has 1 aliphatic rings. The number of azide groups is 1. The van der Waals surface area contributed by atoms with Crippen molar-refractivity contribution < 1.29 is 0 Å². The number of halogens is 1. The van der Waals surface area contributed by atoms with Gasteiger partial charge in [-0.3, -0.25) is 0 Å². The van der Waals surface area contributed by atoms with E-state index in [0.717, 1.165) is 22.2 Å². The van der Waals surface area contributed by atoms with Crippen LogP contribution in [0.3, 0.4) is 0 Å². The molecule has 0 radical (unpaired) electrons. The van der Waals surface area contributed by atoms with Crippen molar-refractivity contribution in [2.24, 2.45) is 5.11 Å². The maximum absolute atomic E-state index is 8.32. The maximum atomic E-state index is 8.32. The van der Waals surface area contributed by atoms with E-state index in [0.29, 0.717) is 0 Å². The Balaban J connectivity index is 2.50. The SMILES string of the molecule is [N-]=[N+]=NC1=CCc2cc(Br)ccc21. The normalized spacial score (nSPS) is 13.2. The highest BCUT2D eigenvalue weighted by Gasteiger charge is 2.12. The summed E-state index contributed by atoms with van der Waals surface area (Å²) in [5.74, 6) is 0. The lowest BCUT2D eigenvalue weighted by molar-refractivity contribution is 1.30. The highest BCUT2D eigenvalue weighted by molar-refractivity contribution is 9.10. The Hall–Kier alpha value is -1.25. The van der Waals surface area contributed by atoms with Gasteiger partial charge in [0.2, 0.25) is 0 Å². The van der Waals surface area contributed by atoms with Crippen LogP contribution in [0.1, 0.15) is 11.1 Å². The lowest BCUT2D eigenvalue weighted by atomic mass is 10.1. The van der Waals surface area contributed by atoms with Crippen LogP contribution in [0, 0.1) is 0 Å². The van der Waals surface area contributed by atoms with Gasteiger partial charge in [0.05, 0.1) is 0 Å². The van der Waals surface area contributed by atoms with Crippen LogP contribution in [0.15, 0.2) is 33.9 Å². The molecular weight excluding hydrogens is 230 g/mol. The molecule has 0 N–H and O–H groups in total. The van der Waals surface area contributed by atoms with Gasteiger partial charge in [0, 0.05) is 15.1 Å². The average molecular weight is 236 g/mol. The van der Waals surface area contributed by atoms with E-state index in [1.54, 1.807) is 0 Å². The van der Waals surface area contributed by atoms with Crippen molar-refractivity contribution in [1.29, 1.82) is 0 Å². The van der Waals surface area contributed by atoms with E-state index in [-0.39, 0.29) is 0 Å². The van der Waals surface area contributed by atoms with Gasteiger partial charge in [-0.15, -0.1) is 0 Å². The minimum absolute atomic E-state index is 0.741. The molecular formula is C9H6BrN3. The predicted octanol–water partition coefficient (Wildman–Crippen LogP) is 3.66. The van der Waals surface area contributed by atoms with Gasteiger partial charge in [-0.25, -0.2) is 0 Å². The van der Waals surface area contributed by atoms with E-state index in [1.807, 2.05) is 24.3 Å². The molecule has 0 bridgehead atoms. The fraction of sp³-hybridized carbons (Fsp3) is 0.111. The third-order valence-corrected chi connectivity index (χ3v) is 2.50. The van der Waals surface area contributed by atoms with Gasteiger partial charge in [-0.1, -0.05) is 33.2 Å².